The van der Waals surface area contributed by atoms with E-state index in [4.69, 9.17) is 0 Å². The van der Waals surface area contributed by atoms with Gasteiger partial charge in [-0.15, -0.1) is 44.9 Å². The summed E-state index contributed by atoms with van der Waals surface area (Å²) in [5.74, 6) is 0. The van der Waals surface area contributed by atoms with Crippen LogP contribution in [0.1, 0.15) is 83.1 Å². The first-order valence-corrected chi connectivity index (χ1v) is 20.5. The van der Waals surface area contributed by atoms with Crippen LogP contribution in [-0.2, 0) is 34.1 Å². The molecule has 0 fully saturated rings. The van der Waals surface area contributed by atoms with E-state index in [0.717, 1.165) is 66.4 Å². The van der Waals surface area contributed by atoms with Gasteiger partial charge in [-0.05, 0) is 45.8 Å². The smallest absolute Gasteiger partial charge is 0.678 e. The van der Waals surface area contributed by atoms with Crippen LogP contribution in [-0.4, -0.2) is 42.1 Å². The molecular formula is C52H60Fe2N8. The Kier molecular flexibility index (Phi) is 18.3. The minimum Gasteiger partial charge on any atom is -0.678 e. The van der Waals surface area contributed by atoms with E-state index in [1.165, 1.54) is 0 Å². The molecule has 0 amide bonds. The van der Waals surface area contributed by atoms with E-state index in [2.05, 4.69) is 173 Å². The van der Waals surface area contributed by atoms with E-state index < -0.39 is 0 Å². The predicted molar refractivity (Wildman–Crippen MR) is 258 cm³/mol. The molecule has 4 heterocycles. The van der Waals surface area contributed by atoms with E-state index in [0.29, 0.717) is 0 Å². The summed E-state index contributed by atoms with van der Waals surface area (Å²) in [4.78, 5) is 17.5. The van der Waals surface area contributed by atoms with Crippen molar-refractivity contribution in [1.82, 2.24) is 19.9 Å². The Bertz CT molecular complexity index is 2230. The quantitative estimate of drug-likeness (QED) is 0.164. The van der Waals surface area contributed by atoms with Crippen LogP contribution >= 0.6 is 0 Å². The summed E-state index contributed by atoms with van der Waals surface area (Å²) in [5.41, 5.74) is 7.56. The fourth-order valence-corrected chi connectivity index (χ4v) is 6.16. The third kappa shape index (κ3) is 16.2. The van der Waals surface area contributed by atoms with Crippen LogP contribution in [0.15, 0.2) is 146 Å². The van der Waals surface area contributed by atoms with Crippen molar-refractivity contribution >= 4 is 66.4 Å². The Balaban J connectivity index is 0.000000218. The van der Waals surface area contributed by atoms with Gasteiger partial charge in [0.2, 0.25) is 0 Å². The molecule has 0 aliphatic heterocycles. The molecule has 0 aliphatic rings. The summed E-state index contributed by atoms with van der Waals surface area (Å²) in [7, 11) is 0. The topological polar surface area (TPSA) is 108 Å². The number of nitrogens with zero attached hydrogens (tertiary/aromatic N) is 8. The monoisotopic (exact) mass is 908 g/mol. The SMILES string of the molecule is CC(C)(C)[N-]c1cccc2cccnc12.CC(C)(C)[N-]c1cccc2cccnc12.CC(C)(C)[N-]c1cccc2cccnc12.CC(C)(C)[N-]c1cccc2cccnc12.[Fe+2].[Fe+2]. The summed E-state index contributed by atoms with van der Waals surface area (Å²) in [6.45, 7) is 25.1. The van der Waals surface area contributed by atoms with Gasteiger partial charge >= 0.3 is 34.1 Å². The molecule has 0 bridgehead atoms. The third-order valence-corrected chi connectivity index (χ3v) is 8.27. The molecule has 0 saturated heterocycles. The predicted octanol–water partition coefficient (Wildman–Crippen LogP) is 16.1. The largest absolute Gasteiger partial charge is 2.00 e. The maximum atomic E-state index is 4.66. The van der Waals surface area contributed by atoms with Crippen LogP contribution < -0.4 is 0 Å². The summed E-state index contributed by atoms with van der Waals surface area (Å²) in [6, 6.07) is 40.4. The second-order valence-electron chi connectivity index (χ2n) is 18.5. The molecular weight excluding hydrogens is 848 g/mol. The van der Waals surface area contributed by atoms with Gasteiger partial charge in [0.05, 0.1) is 22.1 Å². The molecule has 0 unspecified atom stereocenters. The number of hydrogen-bond donors (Lipinski definition) is 0. The van der Waals surface area contributed by atoms with Gasteiger partial charge in [0, 0.05) is 24.8 Å². The first-order valence-electron chi connectivity index (χ1n) is 20.5. The van der Waals surface area contributed by atoms with Gasteiger partial charge in [0.15, 0.2) is 0 Å². The summed E-state index contributed by atoms with van der Waals surface area (Å²) in [5, 5.41) is 23.2. The van der Waals surface area contributed by atoms with Crippen molar-refractivity contribution in [3.05, 3.63) is 167 Å². The number of para-hydroxylation sites is 4. The second-order valence-corrected chi connectivity index (χ2v) is 18.5. The molecule has 4 aromatic carbocycles. The zero-order valence-electron chi connectivity index (χ0n) is 38.1. The standard InChI is InChI=1S/4C13H15N2.2Fe/c4*1-13(2,3)15-11-8-4-6-10-7-5-9-14-12(10)11;;/h4*4-9H,1-3H3;;/q4*-1;2*+2. The summed E-state index contributed by atoms with van der Waals surface area (Å²) >= 11 is 0. The first kappa shape index (κ1) is 51.1. The van der Waals surface area contributed by atoms with Crippen LogP contribution in [0.25, 0.3) is 64.9 Å². The molecule has 8 aromatic rings. The number of rotatable bonds is 4. The molecule has 0 N–H and O–H groups in total. The Labute approximate surface area is 390 Å². The van der Waals surface area contributed by atoms with Gasteiger partial charge in [-0.2, -0.15) is 0 Å². The fraction of sp³-hybridized carbons (Fsp3) is 0.308. The number of aromatic nitrogens is 4. The van der Waals surface area contributed by atoms with Crippen molar-refractivity contribution in [3.63, 3.8) is 0 Å². The van der Waals surface area contributed by atoms with Crippen molar-refractivity contribution in [1.29, 1.82) is 0 Å². The molecule has 0 atom stereocenters. The molecule has 62 heavy (non-hydrogen) atoms. The maximum Gasteiger partial charge on any atom is 2.00 e. The Morgan fingerprint density at radius 3 is 0.629 bits per heavy atom. The molecule has 324 valence electrons. The average Bonchev–Trinajstić information content (AvgIpc) is 3.17. The molecule has 0 spiro atoms. The van der Waals surface area contributed by atoms with Crippen molar-refractivity contribution in [2.45, 2.75) is 105 Å². The fourth-order valence-electron chi connectivity index (χ4n) is 6.16. The zero-order chi connectivity index (χ0) is 43.6. The Morgan fingerprint density at radius 1 is 0.274 bits per heavy atom. The summed E-state index contributed by atoms with van der Waals surface area (Å²) < 4.78 is 0. The van der Waals surface area contributed by atoms with Gasteiger partial charge in [0.25, 0.3) is 0 Å². The van der Waals surface area contributed by atoms with Gasteiger partial charge in [0.1, 0.15) is 0 Å². The normalized spacial score (nSPS) is 11.3. The van der Waals surface area contributed by atoms with E-state index in [9.17, 15) is 0 Å². The van der Waals surface area contributed by atoms with E-state index in [1.807, 2.05) is 97.6 Å². The third-order valence-electron chi connectivity index (χ3n) is 8.27. The van der Waals surface area contributed by atoms with Gasteiger partial charge in [-0.3, -0.25) is 19.9 Å². The van der Waals surface area contributed by atoms with Gasteiger partial charge in [-0.25, -0.2) is 0 Å². The Hall–Kier alpha value is -5.24. The van der Waals surface area contributed by atoms with Crippen LogP contribution in [0, 0.1) is 0 Å². The number of fused-ring (bicyclic) bond motifs is 4. The van der Waals surface area contributed by atoms with E-state index >= 15 is 0 Å². The van der Waals surface area contributed by atoms with Gasteiger partial charge < -0.3 is 21.3 Å². The molecule has 0 saturated carbocycles. The van der Waals surface area contributed by atoms with E-state index in [-0.39, 0.29) is 56.3 Å². The van der Waals surface area contributed by atoms with Crippen LogP contribution in [0.4, 0.5) is 22.7 Å². The Morgan fingerprint density at radius 2 is 0.452 bits per heavy atom. The van der Waals surface area contributed by atoms with E-state index in [1.54, 1.807) is 0 Å². The number of hydrogen-bond acceptors (Lipinski definition) is 4. The number of pyridine rings is 4. The van der Waals surface area contributed by atoms with Crippen molar-refractivity contribution in [2.24, 2.45) is 0 Å². The molecule has 10 heteroatoms. The maximum absolute atomic E-state index is 4.66. The molecule has 0 radical (unpaired) electrons. The van der Waals surface area contributed by atoms with Gasteiger partial charge in [-0.1, -0.05) is 180 Å². The number of benzene rings is 4. The summed E-state index contributed by atoms with van der Waals surface area (Å²) in [6.07, 6.45) is 7.24. The van der Waals surface area contributed by atoms with Crippen molar-refractivity contribution in [3.8, 4) is 0 Å². The molecule has 4 aromatic heterocycles. The van der Waals surface area contributed by atoms with Crippen molar-refractivity contribution in [2.75, 3.05) is 0 Å². The van der Waals surface area contributed by atoms with Crippen LogP contribution in [0.2, 0.25) is 0 Å². The average molecular weight is 909 g/mol. The second kappa shape index (κ2) is 22.2. The minimum absolute atomic E-state index is 0. The van der Waals surface area contributed by atoms with Crippen LogP contribution in [0.3, 0.4) is 0 Å². The van der Waals surface area contributed by atoms with Crippen LogP contribution in [0.5, 0.6) is 0 Å². The van der Waals surface area contributed by atoms with Crippen molar-refractivity contribution < 1.29 is 34.1 Å². The first-order chi connectivity index (χ1) is 28.2. The zero-order valence-corrected chi connectivity index (χ0v) is 40.3. The molecule has 0 aliphatic carbocycles. The molecule has 8 nitrogen and oxygen atoms in total. The minimum atomic E-state index is -0.0637. The molecule has 8 rings (SSSR count).